The SMILES string of the molecule is COCCC(C)(Sc1cnn(C)c1)C(=O)O. The summed E-state index contributed by atoms with van der Waals surface area (Å²) in [5.41, 5.74) is 0. The molecule has 0 aliphatic carbocycles. The van der Waals surface area contributed by atoms with Crippen molar-refractivity contribution in [3.63, 3.8) is 0 Å². The van der Waals surface area contributed by atoms with Gasteiger partial charge in [-0.2, -0.15) is 5.10 Å². The Bertz CT molecular complexity index is 367. The maximum atomic E-state index is 11.2. The predicted octanol–water partition coefficient (Wildman–Crippen LogP) is 1.39. The molecule has 1 rings (SSSR count). The number of methoxy groups -OCH3 is 1. The molecule has 1 aromatic rings. The summed E-state index contributed by atoms with van der Waals surface area (Å²) in [5, 5.41) is 13.2. The molecule has 1 heterocycles. The Morgan fingerprint density at radius 1 is 1.75 bits per heavy atom. The number of ether oxygens (including phenoxy) is 1. The minimum absolute atomic E-state index is 0.427. The highest BCUT2D eigenvalue weighted by Gasteiger charge is 2.34. The standard InChI is InChI=1S/C10H16N2O3S/c1-10(9(13)14,4-5-15-3)16-8-6-11-12(2)7-8/h6-7H,4-5H2,1-3H3,(H,13,14). The average molecular weight is 244 g/mol. The Labute approximate surface area is 98.8 Å². The number of hydrogen-bond acceptors (Lipinski definition) is 4. The molecular weight excluding hydrogens is 228 g/mol. The molecule has 1 N–H and O–H groups in total. The number of carbonyl (C=O) groups is 1. The van der Waals surface area contributed by atoms with Crippen molar-refractivity contribution in [3.8, 4) is 0 Å². The van der Waals surface area contributed by atoms with Gasteiger partial charge in [-0.05, 0) is 13.3 Å². The summed E-state index contributed by atoms with van der Waals surface area (Å²) in [4.78, 5) is 12.1. The van der Waals surface area contributed by atoms with E-state index in [-0.39, 0.29) is 0 Å². The maximum Gasteiger partial charge on any atom is 0.319 e. The molecule has 0 saturated heterocycles. The number of aromatic nitrogens is 2. The zero-order valence-electron chi connectivity index (χ0n) is 9.64. The maximum absolute atomic E-state index is 11.2. The number of carboxylic acids is 1. The van der Waals surface area contributed by atoms with E-state index in [9.17, 15) is 9.90 Å². The molecule has 0 bridgehead atoms. The number of nitrogens with zero attached hydrogens (tertiary/aromatic N) is 2. The lowest BCUT2D eigenvalue weighted by atomic mass is 10.1. The van der Waals surface area contributed by atoms with Crippen molar-refractivity contribution in [1.29, 1.82) is 0 Å². The van der Waals surface area contributed by atoms with E-state index in [2.05, 4.69) is 5.10 Å². The van der Waals surface area contributed by atoms with Crippen molar-refractivity contribution < 1.29 is 14.6 Å². The van der Waals surface area contributed by atoms with E-state index in [0.717, 1.165) is 4.90 Å². The quantitative estimate of drug-likeness (QED) is 0.766. The van der Waals surface area contributed by atoms with Gasteiger partial charge in [0, 0.05) is 31.9 Å². The molecule has 0 radical (unpaired) electrons. The van der Waals surface area contributed by atoms with Gasteiger partial charge in [0.15, 0.2) is 0 Å². The number of carboxylic acid groups (broad SMARTS) is 1. The second kappa shape index (κ2) is 5.36. The molecule has 1 atom stereocenters. The van der Waals surface area contributed by atoms with Crippen LogP contribution >= 0.6 is 11.8 Å². The Hall–Kier alpha value is -1.01. The van der Waals surface area contributed by atoms with Gasteiger partial charge in [0.1, 0.15) is 4.75 Å². The van der Waals surface area contributed by atoms with Crippen molar-refractivity contribution in [3.05, 3.63) is 12.4 Å². The van der Waals surface area contributed by atoms with Crippen molar-refractivity contribution in [1.82, 2.24) is 9.78 Å². The lowest BCUT2D eigenvalue weighted by Gasteiger charge is -2.22. The molecule has 1 unspecified atom stereocenters. The fourth-order valence-electron chi connectivity index (χ4n) is 1.21. The van der Waals surface area contributed by atoms with E-state index in [1.54, 1.807) is 38.2 Å². The van der Waals surface area contributed by atoms with Crippen LogP contribution in [-0.4, -0.2) is 39.3 Å². The average Bonchev–Trinajstić information content (AvgIpc) is 2.60. The number of aliphatic carboxylic acids is 1. The third-order valence-electron chi connectivity index (χ3n) is 2.26. The van der Waals surface area contributed by atoms with Crippen LogP contribution in [0, 0.1) is 0 Å². The summed E-state index contributed by atoms with van der Waals surface area (Å²) in [6.07, 6.45) is 3.93. The lowest BCUT2D eigenvalue weighted by molar-refractivity contribution is -0.139. The summed E-state index contributed by atoms with van der Waals surface area (Å²) >= 11 is 1.30. The summed E-state index contributed by atoms with van der Waals surface area (Å²) in [6, 6.07) is 0. The largest absolute Gasteiger partial charge is 0.480 e. The van der Waals surface area contributed by atoms with Gasteiger partial charge in [-0.3, -0.25) is 9.48 Å². The van der Waals surface area contributed by atoms with E-state index in [1.807, 2.05) is 0 Å². The Balaban J connectivity index is 2.74. The smallest absolute Gasteiger partial charge is 0.319 e. The Morgan fingerprint density at radius 3 is 2.88 bits per heavy atom. The first kappa shape index (κ1) is 13.1. The van der Waals surface area contributed by atoms with Crippen LogP contribution in [0.3, 0.4) is 0 Å². The second-order valence-corrected chi connectivity index (χ2v) is 5.31. The number of thioether (sulfide) groups is 1. The third kappa shape index (κ3) is 3.24. The molecule has 0 aromatic carbocycles. The Morgan fingerprint density at radius 2 is 2.44 bits per heavy atom. The molecule has 0 amide bonds. The molecule has 90 valence electrons. The van der Waals surface area contributed by atoms with Gasteiger partial charge in [0.05, 0.1) is 6.20 Å². The van der Waals surface area contributed by atoms with Gasteiger partial charge >= 0.3 is 5.97 Å². The van der Waals surface area contributed by atoms with Crippen LogP contribution < -0.4 is 0 Å². The molecule has 5 nitrogen and oxygen atoms in total. The van der Waals surface area contributed by atoms with Gasteiger partial charge in [0.2, 0.25) is 0 Å². The Kier molecular flexibility index (Phi) is 4.37. The van der Waals surface area contributed by atoms with Crippen LogP contribution in [0.5, 0.6) is 0 Å². The highest BCUT2D eigenvalue weighted by atomic mass is 32.2. The van der Waals surface area contributed by atoms with Crippen molar-refractivity contribution >= 4 is 17.7 Å². The fourth-order valence-corrected chi connectivity index (χ4v) is 2.31. The second-order valence-electron chi connectivity index (χ2n) is 3.73. The van der Waals surface area contributed by atoms with Crippen LogP contribution in [0.2, 0.25) is 0 Å². The summed E-state index contributed by atoms with van der Waals surface area (Å²) in [5.74, 6) is -0.835. The number of rotatable bonds is 6. The molecule has 0 fully saturated rings. The zero-order chi connectivity index (χ0) is 12.2. The first-order valence-electron chi connectivity index (χ1n) is 4.88. The molecule has 0 aliphatic heterocycles. The van der Waals surface area contributed by atoms with Gasteiger partial charge in [0.25, 0.3) is 0 Å². The number of hydrogen-bond donors (Lipinski definition) is 1. The van der Waals surface area contributed by atoms with Gasteiger partial charge in [-0.1, -0.05) is 0 Å². The molecule has 0 saturated carbocycles. The van der Waals surface area contributed by atoms with Crippen LogP contribution in [-0.2, 0) is 16.6 Å². The molecule has 16 heavy (non-hydrogen) atoms. The van der Waals surface area contributed by atoms with Gasteiger partial charge in [-0.15, -0.1) is 11.8 Å². The van der Waals surface area contributed by atoms with Crippen molar-refractivity contribution in [2.24, 2.45) is 7.05 Å². The van der Waals surface area contributed by atoms with E-state index >= 15 is 0 Å². The molecule has 6 heteroatoms. The van der Waals surface area contributed by atoms with Crippen LogP contribution in [0.15, 0.2) is 17.3 Å². The third-order valence-corrected chi connectivity index (χ3v) is 3.54. The molecule has 0 aliphatic rings. The summed E-state index contributed by atoms with van der Waals surface area (Å²) < 4.78 is 5.71. The zero-order valence-corrected chi connectivity index (χ0v) is 10.5. The summed E-state index contributed by atoms with van der Waals surface area (Å²) in [7, 11) is 3.37. The van der Waals surface area contributed by atoms with Crippen LogP contribution in [0.25, 0.3) is 0 Å². The van der Waals surface area contributed by atoms with E-state index in [4.69, 9.17) is 4.74 Å². The molecule has 0 spiro atoms. The first-order valence-corrected chi connectivity index (χ1v) is 5.69. The van der Waals surface area contributed by atoms with E-state index in [1.165, 1.54) is 11.8 Å². The van der Waals surface area contributed by atoms with Crippen LogP contribution in [0.1, 0.15) is 13.3 Å². The van der Waals surface area contributed by atoms with Crippen LogP contribution in [0.4, 0.5) is 0 Å². The molecular formula is C10H16N2O3S. The monoisotopic (exact) mass is 244 g/mol. The van der Waals surface area contributed by atoms with E-state index in [0.29, 0.717) is 13.0 Å². The predicted molar refractivity (Wildman–Crippen MR) is 61.6 cm³/mol. The normalized spacial score (nSPS) is 14.7. The fraction of sp³-hybridized carbons (Fsp3) is 0.600. The van der Waals surface area contributed by atoms with E-state index < -0.39 is 10.7 Å². The minimum atomic E-state index is -0.876. The first-order chi connectivity index (χ1) is 7.48. The summed E-state index contributed by atoms with van der Waals surface area (Å²) in [6.45, 7) is 2.13. The van der Waals surface area contributed by atoms with Gasteiger partial charge in [-0.25, -0.2) is 0 Å². The number of aryl methyl sites for hydroxylation is 1. The highest BCUT2D eigenvalue weighted by molar-refractivity contribution is 8.01. The highest BCUT2D eigenvalue weighted by Crippen LogP contribution is 2.35. The van der Waals surface area contributed by atoms with Crippen molar-refractivity contribution in [2.75, 3.05) is 13.7 Å². The lowest BCUT2D eigenvalue weighted by Crippen LogP contribution is -2.32. The van der Waals surface area contributed by atoms with Crippen molar-refractivity contribution in [2.45, 2.75) is 23.0 Å². The topological polar surface area (TPSA) is 64.4 Å². The van der Waals surface area contributed by atoms with Gasteiger partial charge < -0.3 is 9.84 Å². The minimum Gasteiger partial charge on any atom is -0.480 e. The molecule has 1 aromatic heterocycles.